The molecule has 19 heavy (non-hydrogen) atoms. The van der Waals surface area contributed by atoms with Gasteiger partial charge in [-0.05, 0) is 30.0 Å². The predicted octanol–water partition coefficient (Wildman–Crippen LogP) is 1.78. The fourth-order valence-electron chi connectivity index (χ4n) is 1.74. The lowest BCUT2D eigenvalue weighted by Crippen LogP contribution is -2.18. The highest BCUT2D eigenvalue weighted by atomic mass is 31.2. The van der Waals surface area contributed by atoms with Gasteiger partial charge in [-0.2, -0.15) is 0 Å². The van der Waals surface area contributed by atoms with Crippen molar-refractivity contribution >= 4 is 8.60 Å². The molecule has 0 aliphatic heterocycles. The van der Waals surface area contributed by atoms with Crippen LogP contribution in [-0.2, 0) is 17.4 Å². The molecule has 0 aliphatic rings. The number of aliphatic hydroxyl groups is 2. The second-order valence-corrected chi connectivity index (χ2v) is 4.98. The first kappa shape index (κ1) is 16.3. The summed E-state index contributed by atoms with van der Waals surface area (Å²) in [5, 5.41) is 17.8. The molecule has 0 saturated carbocycles. The zero-order valence-electron chi connectivity index (χ0n) is 11.2. The van der Waals surface area contributed by atoms with Gasteiger partial charge in [0.1, 0.15) is 11.9 Å². The van der Waals surface area contributed by atoms with E-state index in [1.165, 1.54) is 5.56 Å². The summed E-state index contributed by atoms with van der Waals surface area (Å²) in [6.07, 6.45) is 0.698. The lowest BCUT2D eigenvalue weighted by molar-refractivity contribution is 0.0499. The van der Waals surface area contributed by atoms with Crippen LogP contribution in [0.15, 0.2) is 18.2 Å². The SMILES string of the molecule is CCc1cccc(OP(O)OCC(O)CO)c1CC. The van der Waals surface area contributed by atoms with Crippen LogP contribution in [0.4, 0.5) is 0 Å². The normalized spacial score (nSPS) is 14.2. The van der Waals surface area contributed by atoms with Crippen LogP contribution in [0.25, 0.3) is 0 Å². The summed E-state index contributed by atoms with van der Waals surface area (Å²) in [5.74, 6) is 0.606. The number of hydrogen-bond acceptors (Lipinski definition) is 5. The van der Waals surface area contributed by atoms with Crippen molar-refractivity contribution in [1.29, 1.82) is 0 Å². The average molecular weight is 288 g/mol. The summed E-state index contributed by atoms with van der Waals surface area (Å²) in [7, 11) is -2.11. The van der Waals surface area contributed by atoms with Crippen LogP contribution in [0.1, 0.15) is 25.0 Å². The van der Waals surface area contributed by atoms with Crippen LogP contribution in [0.3, 0.4) is 0 Å². The topological polar surface area (TPSA) is 79.2 Å². The minimum Gasteiger partial charge on any atom is -0.427 e. The third kappa shape index (κ3) is 5.05. The molecule has 0 aromatic heterocycles. The molecule has 5 nitrogen and oxygen atoms in total. The molecule has 0 fully saturated rings. The third-order valence-electron chi connectivity index (χ3n) is 2.73. The Hall–Kier alpha value is -0.710. The Morgan fingerprint density at radius 1 is 1.26 bits per heavy atom. The molecule has 2 unspecified atom stereocenters. The molecule has 0 bridgehead atoms. The van der Waals surface area contributed by atoms with Crippen LogP contribution in [0, 0.1) is 0 Å². The van der Waals surface area contributed by atoms with Crippen molar-refractivity contribution in [3.05, 3.63) is 29.3 Å². The van der Waals surface area contributed by atoms with Gasteiger partial charge in [0.2, 0.25) is 0 Å². The van der Waals surface area contributed by atoms with Crippen molar-refractivity contribution in [3.8, 4) is 5.75 Å². The van der Waals surface area contributed by atoms with Gasteiger partial charge in [-0.25, -0.2) is 0 Å². The summed E-state index contributed by atoms with van der Waals surface area (Å²) in [4.78, 5) is 9.66. The van der Waals surface area contributed by atoms with Gasteiger partial charge in [-0.3, -0.25) is 4.52 Å². The van der Waals surface area contributed by atoms with E-state index in [1.54, 1.807) is 6.07 Å². The minimum absolute atomic E-state index is 0.159. The van der Waals surface area contributed by atoms with E-state index in [9.17, 15) is 4.89 Å². The summed E-state index contributed by atoms with van der Waals surface area (Å²) in [6, 6.07) is 5.69. The van der Waals surface area contributed by atoms with Gasteiger partial charge in [0.05, 0.1) is 13.2 Å². The van der Waals surface area contributed by atoms with Gasteiger partial charge >= 0.3 is 8.60 Å². The molecule has 1 rings (SSSR count). The number of hydrogen-bond donors (Lipinski definition) is 3. The third-order valence-corrected chi connectivity index (χ3v) is 3.45. The monoisotopic (exact) mass is 288 g/mol. The van der Waals surface area contributed by atoms with Crippen LogP contribution >= 0.6 is 8.60 Å². The number of benzene rings is 1. The molecule has 0 radical (unpaired) electrons. The van der Waals surface area contributed by atoms with Gasteiger partial charge in [0.15, 0.2) is 0 Å². The van der Waals surface area contributed by atoms with E-state index in [4.69, 9.17) is 19.3 Å². The molecule has 1 aromatic rings. The second-order valence-electron chi connectivity index (χ2n) is 4.06. The van der Waals surface area contributed by atoms with Crippen molar-refractivity contribution in [2.24, 2.45) is 0 Å². The van der Waals surface area contributed by atoms with Crippen molar-refractivity contribution in [1.82, 2.24) is 0 Å². The molecule has 0 amide bonds. The largest absolute Gasteiger partial charge is 0.427 e. The first-order chi connectivity index (χ1) is 9.12. The Kier molecular flexibility index (Phi) is 7.28. The summed E-state index contributed by atoms with van der Waals surface area (Å²) >= 11 is 0. The molecule has 1 aromatic carbocycles. The molecule has 0 aliphatic carbocycles. The van der Waals surface area contributed by atoms with Crippen molar-refractivity contribution in [3.63, 3.8) is 0 Å². The molecule has 6 heteroatoms. The van der Waals surface area contributed by atoms with E-state index in [2.05, 4.69) is 6.92 Å². The molecule has 0 saturated heterocycles. The maximum absolute atomic E-state index is 9.66. The Morgan fingerprint density at radius 3 is 2.58 bits per heavy atom. The molecule has 0 spiro atoms. The molecule has 0 heterocycles. The zero-order valence-corrected chi connectivity index (χ0v) is 12.1. The van der Waals surface area contributed by atoms with E-state index in [1.807, 2.05) is 19.1 Å². The van der Waals surface area contributed by atoms with Crippen LogP contribution < -0.4 is 4.52 Å². The van der Waals surface area contributed by atoms with E-state index >= 15 is 0 Å². The molecule has 3 N–H and O–H groups in total. The predicted molar refractivity (Wildman–Crippen MR) is 74.0 cm³/mol. The van der Waals surface area contributed by atoms with Gasteiger partial charge in [-0.15, -0.1) is 0 Å². The van der Waals surface area contributed by atoms with E-state index in [0.717, 1.165) is 18.4 Å². The maximum Gasteiger partial charge on any atom is 0.394 e. The van der Waals surface area contributed by atoms with Gasteiger partial charge in [-0.1, -0.05) is 26.0 Å². The first-order valence-corrected chi connectivity index (χ1v) is 7.44. The van der Waals surface area contributed by atoms with Crippen LogP contribution in [0.2, 0.25) is 0 Å². The summed E-state index contributed by atoms with van der Waals surface area (Å²) in [6.45, 7) is 3.52. The smallest absolute Gasteiger partial charge is 0.394 e. The summed E-state index contributed by atoms with van der Waals surface area (Å²) < 4.78 is 10.3. The van der Waals surface area contributed by atoms with Crippen molar-refractivity contribution in [2.45, 2.75) is 32.8 Å². The highest BCUT2D eigenvalue weighted by molar-refractivity contribution is 7.41. The highest BCUT2D eigenvalue weighted by Gasteiger charge is 2.15. The molecular weight excluding hydrogens is 267 g/mol. The van der Waals surface area contributed by atoms with Crippen LogP contribution in [0.5, 0.6) is 5.75 Å². The second kappa shape index (κ2) is 8.46. The zero-order chi connectivity index (χ0) is 14.3. The van der Waals surface area contributed by atoms with Gasteiger partial charge in [0.25, 0.3) is 0 Å². The maximum atomic E-state index is 9.66. The quantitative estimate of drug-likeness (QED) is 0.635. The minimum atomic E-state index is -2.11. The number of aryl methyl sites for hydroxylation is 1. The first-order valence-electron chi connectivity index (χ1n) is 6.31. The number of aliphatic hydroxyl groups excluding tert-OH is 2. The Bertz CT molecular complexity index is 385. The lowest BCUT2D eigenvalue weighted by Gasteiger charge is -2.17. The molecule has 2 atom stereocenters. The standard InChI is InChI=1S/C13H21O5P/c1-3-10-6-5-7-13(12(10)4-2)18-19(16)17-9-11(15)8-14/h5-7,11,14-16H,3-4,8-9H2,1-2H3. The van der Waals surface area contributed by atoms with Crippen molar-refractivity contribution in [2.75, 3.05) is 13.2 Å². The number of rotatable bonds is 8. The van der Waals surface area contributed by atoms with E-state index < -0.39 is 21.3 Å². The van der Waals surface area contributed by atoms with Crippen molar-refractivity contribution < 1.29 is 24.2 Å². The highest BCUT2D eigenvalue weighted by Crippen LogP contribution is 2.37. The van der Waals surface area contributed by atoms with Gasteiger partial charge in [0, 0.05) is 0 Å². The fourth-order valence-corrected chi connectivity index (χ4v) is 2.43. The Morgan fingerprint density at radius 2 is 2.00 bits per heavy atom. The van der Waals surface area contributed by atoms with Gasteiger partial charge < -0.3 is 19.6 Å². The molecular formula is C13H21O5P. The van der Waals surface area contributed by atoms with Crippen LogP contribution in [-0.4, -0.2) is 34.4 Å². The molecule has 108 valence electrons. The Balaban J connectivity index is 2.65. The fraction of sp³-hybridized carbons (Fsp3) is 0.538. The van der Waals surface area contributed by atoms with E-state index in [-0.39, 0.29) is 6.61 Å². The Labute approximate surface area is 114 Å². The average Bonchev–Trinajstić information content (AvgIpc) is 2.44. The van der Waals surface area contributed by atoms with E-state index in [0.29, 0.717) is 5.75 Å². The lowest BCUT2D eigenvalue weighted by atomic mass is 10.0. The summed E-state index contributed by atoms with van der Waals surface area (Å²) in [5.41, 5.74) is 2.23.